The van der Waals surface area contributed by atoms with E-state index in [-0.39, 0.29) is 0 Å². The maximum Gasteiger partial charge on any atom is 0.230 e. The van der Waals surface area contributed by atoms with E-state index in [9.17, 15) is 0 Å². The molecule has 4 rings (SSSR count). The molecule has 1 aromatic rings. The smallest absolute Gasteiger partial charge is 0.230 e. The van der Waals surface area contributed by atoms with Crippen LogP contribution in [0.2, 0.25) is 0 Å². The first-order valence-corrected chi connectivity index (χ1v) is 7.74. The number of rotatable bonds is 4. The van der Waals surface area contributed by atoms with Gasteiger partial charge in [0, 0.05) is 25.0 Å². The van der Waals surface area contributed by atoms with Gasteiger partial charge in [0.1, 0.15) is 5.82 Å². The minimum absolute atomic E-state index is 0.539. The Morgan fingerprint density at radius 1 is 1.00 bits per heavy atom. The third-order valence-corrected chi connectivity index (χ3v) is 4.32. The Hall–Kier alpha value is -1.43. The molecule has 3 fully saturated rings. The molecule has 108 valence electrons. The minimum atomic E-state index is 0.539. The fourth-order valence-electron chi connectivity index (χ4n) is 2.61. The SMILES string of the molecule is C1CC(c2nc(NC3CC3)nc(N3CCOCC3)n2)C1. The van der Waals surface area contributed by atoms with Crippen LogP contribution in [0.15, 0.2) is 0 Å². The second-order valence-corrected chi connectivity index (χ2v) is 5.96. The summed E-state index contributed by atoms with van der Waals surface area (Å²) in [4.78, 5) is 16.2. The van der Waals surface area contributed by atoms with E-state index in [4.69, 9.17) is 9.72 Å². The van der Waals surface area contributed by atoms with Crippen molar-refractivity contribution in [2.24, 2.45) is 0 Å². The van der Waals surface area contributed by atoms with Crippen LogP contribution in [0.4, 0.5) is 11.9 Å². The largest absolute Gasteiger partial charge is 0.378 e. The number of morpholine rings is 1. The van der Waals surface area contributed by atoms with Crippen LogP contribution in [0.25, 0.3) is 0 Å². The van der Waals surface area contributed by atoms with Gasteiger partial charge in [0.2, 0.25) is 11.9 Å². The Bertz CT molecular complexity index is 480. The molecule has 20 heavy (non-hydrogen) atoms. The van der Waals surface area contributed by atoms with E-state index < -0.39 is 0 Å². The summed E-state index contributed by atoms with van der Waals surface area (Å²) in [6.07, 6.45) is 6.20. The van der Waals surface area contributed by atoms with Crippen LogP contribution in [0.3, 0.4) is 0 Å². The molecule has 0 aromatic carbocycles. The highest BCUT2D eigenvalue weighted by Crippen LogP contribution is 2.35. The molecule has 1 aliphatic heterocycles. The van der Waals surface area contributed by atoms with Gasteiger partial charge >= 0.3 is 0 Å². The van der Waals surface area contributed by atoms with Crippen LogP contribution in [0.1, 0.15) is 43.8 Å². The van der Waals surface area contributed by atoms with Gasteiger partial charge in [-0.2, -0.15) is 15.0 Å². The molecule has 0 atom stereocenters. The number of nitrogens with zero attached hydrogens (tertiary/aromatic N) is 4. The Morgan fingerprint density at radius 2 is 1.80 bits per heavy atom. The van der Waals surface area contributed by atoms with Gasteiger partial charge < -0.3 is 15.0 Å². The Labute approximate surface area is 119 Å². The second-order valence-electron chi connectivity index (χ2n) is 5.96. The zero-order valence-corrected chi connectivity index (χ0v) is 11.7. The molecule has 2 saturated carbocycles. The zero-order valence-electron chi connectivity index (χ0n) is 11.7. The molecule has 0 spiro atoms. The molecule has 1 aromatic heterocycles. The Balaban J connectivity index is 1.60. The molecule has 0 amide bonds. The van der Waals surface area contributed by atoms with E-state index >= 15 is 0 Å². The van der Waals surface area contributed by atoms with Gasteiger partial charge in [0.25, 0.3) is 0 Å². The third kappa shape index (κ3) is 2.57. The predicted octanol–water partition coefficient (Wildman–Crippen LogP) is 1.55. The van der Waals surface area contributed by atoms with E-state index in [1.54, 1.807) is 0 Å². The van der Waals surface area contributed by atoms with Gasteiger partial charge in [-0.25, -0.2) is 0 Å². The first-order valence-electron chi connectivity index (χ1n) is 7.74. The number of aromatic nitrogens is 3. The highest BCUT2D eigenvalue weighted by atomic mass is 16.5. The highest BCUT2D eigenvalue weighted by Gasteiger charge is 2.27. The maximum atomic E-state index is 5.41. The number of nitrogens with one attached hydrogen (secondary N) is 1. The highest BCUT2D eigenvalue weighted by molar-refractivity contribution is 5.39. The zero-order chi connectivity index (χ0) is 13.4. The molecule has 1 saturated heterocycles. The molecular formula is C14H21N5O. The average Bonchev–Trinajstić information content (AvgIpc) is 3.21. The molecular weight excluding hydrogens is 254 g/mol. The monoisotopic (exact) mass is 275 g/mol. The number of hydrogen-bond donors (Lipinski definition) is 1. The van der Waals surface area contributed by atoms with Crippen LogP contribution in [-0.2, 0) is 4.74 Å². The molecule has 2 aliphatic carbocycles. The molecule has 3 aliphatic rings. The van der Waals surface area contributed by atoms with Crippen molar-refractivity contribution in [3.8, 4) is 0 Å². The van der Waals surface area contributed by atoms with Gasteiger partial charge in [0.15, 0.2) is 0 Å². The van der Waals surface area contributed by atoms with Gasteiger partial charge in [-0.15, -0.1) is 0 Å². The van der Waals surface area contributed by atoms with Crippen molar-refractivity contribution in [3.05, 3.63) is 5.82 Å². The van der Waals surface area contributed by atoms with E-state index in [0.29, 0.717) is 12.0 Å². The molecule has 6 heteroatoms. The summed E-state index contributed by atoms with van der Waals surface area (Å²) in [7, 11) is 0. The van der Waals surface area contributed by atoms with Crippen molar-refractivity contribution in [3.63, 3.8) is 0 Å². The normalized spacial score (nSPS) is 23.5. The molecule has 6 nitrogen and oxygen atoms in total. The fourth-order valence-corrected chi connectivity index (χ4v) is 2.61. The summed E-state index contributed by atoms with van der Waals surface area (Å²) in [5, 5.41) is 3.42. The van der Waals surface area contributed by atoms with Gasteiger partial charge in [-0.1, -0.05) is 6.42 Å². The first kappa shape index (κ1) is 12.3. The first-order chi connectivity index (χ1) is 9.88. The van der Waals surface area contributed by atoms with Gasteiger partial charge in [-0.3, -0.25) is 0 Å². The van der Waals surface area contributed by atoms with Gasteiger partial charge in [0.05, 0.1) is 13.2 Å². The topological polar surface area (TPSA) is 63.2 Å². The lowest BCUT2D eigenvalue weighted by Gasteiger charge is -2.29. The minimum Gasteiger partial charge on any atom is -0.378 e. The maximum absolute atomic E-state index is 5.41. The molecule has 0 radical (unpaired) electrons. The lowest BCUT2D eigenvalue weighted by molar-refractivity contribution is 0.122. The van der Waals surface area contributed by atoms with Crippen LogP contribution in [-0.4, -0.2) is 47.3 Å². The lowest BCUT2D eigenvalue weighted by atomic mass is 9.85. The summed E-state index contributed by atoms with van der Waals surface area (Å²) in [5.41, 5.74) is 0. The number of ether oxygens (including phenoxy) is 1. The van der Waals surface area contributed by atoms with E-state index in [2.05, 4.69) is 20.2 Å². The summed E-state index contributed by atoms with van der Waals surface area (Å²) < 4.78 is 5.41. The quantitative estimate of drug-likeness (QED) is 0.899. The van der Waals surface area contributed by atoms with Crippen LogP contribution in [0.5, 0.6) is 0 Å². The molecule has 2 heterocycles. The van der Waals surface area contributed by atoms with Crippen LogP contribution < -0.4 is 10.2 Å². The van der Waals surface area contributed by atoms with Gasteiger partial charge in [-0.05, 0) is 25.7 Å². The number of hydrogen-bond acceptors (Lipinski definition) is 6. The van der Waals surface area contributed by atoms with Crippen molar-refractivity contribution in [2.45, 2.75) is 44.1 Å². The van der Waals surface area contributed by atoms with E-state index in [0.717, 1.165) is 44.0 Å². The van der Waals surface area contributed by atoms with Crippen LogP contribution in [0, 0.1) is 0 Å². The van der Waals surface area contributed by atoms with E-state index in [1.807, 2.05) is 0 Å². The van der Waals surface area contributed by atoms with Crippen molar-refractivity contribution in [2.75, 3.05) is 36.5 Å². The summed E-state index contributed by atoms with van der Waals surface area (Å²) in [5.74, 6) is 3.12. The molecule has 1 N–H and O–H groups in total. The fraction of sp³-hybridized carbons (Fsp3) is 0.786. The van der Waals surface area contributed by atoms with Crippen molar-refractivity contribution >= 4 is 11.9 Å². The van der Waals surface area contributed by atoms with Crippen molar-refractivity contribution < 1.29 is 4.74 Å². The summed E-state index contributed by atoms with van der Waals surface area (Å²) >= 11 is 0. The Morgan fingerprint density at radius 3 is 2.45 bits per heavy atom. The molecule has 0 unspecified atom stereocenters. The average molecular weight is 275 g/mol. The lowest BCUT2D eigenvalue weighted by Crippen LogP contribution is -2.38. The Kier molecular flexibility index (Phi) is 3.18. The van der Waals surface area contributed by atoms with Crippen molar-refractivity contribution in [1.82, 2.24) is 15.0 Å². The van der Waals surface area contributed by atoms with Crippen LogP contribution >= 0.6 is 0 Å². The predicted molar refractivity (Wildman–Crippen MR) is 76.1 cm³/mol. The van der Waals surface area contributed by atoms with E-state index in [1.165, 1.54) is 32.1 Å². The summed E-state index contributed by atoms with van der Waals surface area (Å²) in [6.45, 7) is 3.26. The second kappa shape index (κ2) is 5.16. The standard InChI is InChI=1S/C14H21N5O/c1-2-10(3-1)12-16-13(15-11-4-5-11)18-14(17-12)19-6-8-20-9-7-19/h10-11H,1-9H2,(H,15,16,17,18). The van der Waals surface area contributed by atoms with Crippen molar-refractivity contribution in [1.29, 1.82) is 0 Å². The summed E-state index contributed by atoms with van der Waals surface area (Å²) in [6, 6.07) is 0.573. The third-order valence-electron chi connectivity index (χ3n) is 4.32. The number of anilines is 2. The molecule has 0 bridgehead atoms.